The molecular formula is C16H23NO4. The molecule has 116 valence electrons. The molecule has 0 aromatic heterocycles. The predicted molar refractivity (Wildman–Crippen MR) is 75.3 cm³/mol. The third-order valence-electron chi connectivity index (χ3n) is 5.77. The van der Waals surface area contributed by atoms with Gasteiger partial charge in [-0.1, -0.05) is 19.8 Å². The highest BCUT2D eigenvalue weighted by Gasteiger charge is 2.59. The molecule has 2 saturated carbocycles. The summed E-state index contributed by atoms with van der Waals surface area (Å²) in [4.78, 5) is 38.5. The molecule has 1 N–H and O–H groups in total. The molecule has 5 nitrogen and oxygen atoms in total. The average molecular weight is 293 g/mol. The van der Waals surface area contributed by atoms with Crippen molar-refractivity contribution in [3.05, 3.63) is 0 Å². The summed E-state index contributed by atoms with van der Waals surface area (Å²) in [6.45, 7) is 2.10. The van der Waals surface area contributed by atoms with E-state index in [-0.39, 0.29) is 23.7 Å². The van der Waals surface area contributed by atoms with Crippen LogP contribution in [0.15, 0.2) is 0 Å². The Morgan fingerprint density at radius 3 is 1.95 bits per heavy atom. The van der Waals surface area contributed by atoms with E-state index < -0.39 is 11.5 Å². The molecule has 21 heavy (non-hydrogen) atoms. The first-order valence-electron chi connectivity index (χ1n) is 8.08. The minimum Gasteiger partial charge on any atom is -0.479 e. The van der Waals surface area contributed by atoms with Crippen molar-refractivity contribution in [3.8, 4) is 0 Å². The highest BCUT2D eigenvalue weighted by Crippen LogP contribution is 2.45. The van der Waals surface area contributed by atoms with Gasteiger partial charge in [0.1, 0.15) is 5.54 Å². The van der Waals surface area contributed by atoms with Gasteiger partial charge >= 0.3 is 5.97 Å². The molecule has 2 unspecified atom stereocenters. The summed E-state index contributed by atoms with van der Waals surface area (Å²) in [5.74, 6) is -1.51. The molecule has 0 aromatic carbocycles. The van der Waals surface area contributed by atoms with E-state index in [2.05, 4.69) is 6.92 Å². The number of hydrogen-bond acceptors (Lipinski definition) is 3. The van der Waals surface area contributed by atoms with Gasteiger partial charge < -0.3 is 5.11 Å². The number of imide groups is 1. The molecule has 0 bridgehead atoms. The van der Waals surface area contributed by atoms with Crippen LogP contribution in [0.25, 0.3) is 0 Å². The van der Waals surface area contributed by atoms with Crippen molar-refractivity contribution in [1.82, 2.24) is 4.90 Å². The number of carboxylic acids is 1. The highest BCUT2D eigenvalue weighted by atomic mass is 16.4. The minimum atomic E-state index is -1.28. The molecule has 1 saturated heterocycles. The fourth-order valence-corrected chi connectivity index (χ4v) is 4.36. The van der Waals surface area contributed by atoms with E-state index in [1.807, 2.05) is 0 Å². The number of hydrogen-bond donors (Lipinski definition) is 1. The smallest absolute Gasteiger partial charge is 0.330 e. The van der Waals surface area contributed by atoms with E-state index in [4.69, 9.17) is 0 Å². The average Bonchev–Trinajstić information content (AvgIpc) is 2.73. The number of fused-ring (bicyclic) bond motifs is 1. The van der Waals surface area contributed by atoms with E-state index in [1.165, 1.54) is 4.90 Å². The maximum absolute atomic E-state index is 12.7. The third kappa shape index (κ3) is 2.09. The summed E-state index contributed by atoms with van der Waals surface area (Å²) >= 11 is 0. The molecule has 0 radical (unpaired) electrons. The summed E-state index contributed by atoms with van der Waals surface area (Å²) in [7, 11) is 0. The normalized spacial score (nSPS) is 40.2. The first kappa shape index (κ1) is 14.5. The summed E-state index contributed by atoms with van der Waals surface area (Å²) in [5, 5.41) is 9.76. The Morgan fingerprint density at radius 1 is 1.05 bits per heavy atom. The van der Waals surface area contributed by atoms with Crippen LogP contribution in [0, 0.1) is 17.8 Å². The second-order valence-corrected chi connectivity index (χ2v) is 7.03. The topological polar surface area (TPSA) is 74.7 Å². The molecule has 2 atom stereocenters. The zero-order chi connectivity index (χ0) is 15.2. The van der Waals surface area contributed by atoms with Gasteiger partial charge in [-0.15, -0.1) is 0 Å². The van der Waals surface area contributed by atoms with E-state index in [0.29, 0.717) is 18.8 Å². The van der Waals surface area contributed by atoms with E-state index in [1.54, 1.807) is 0 Å². The lowest BCUT2D eigenvalue weighted by atomic mass is 9.76. The van der Waals surface area contributed by atoms with Crippen molar-refractivity contribution in [2.24, 2.45) is 17.8 Å². The van der Waals surface area contributed by atoms with Gasteiger partial charge in [0.25, 0.3) is 0 Å². The fraction of sp³-hybridized carbons (Fsp3) is 0.812. The zero-order valence-corrected chi connectivity index (χ0v) is 12.5. The van der Waals surface area contributed by atoms with Crippen LogP contribution >= 0.6 is 0 Å². The number of carbonyl (C=O) groups is 3. The summed E-state index contributed by atoms with van der Waals surface area (Å²) < 4.78 is 0. The van der Waals surface area contributed by atoms with Crippen LogP contribution in [0.4, 0.5) is 0 Å². The van der Waals surface area contributed by atoms with Gasteiger partial charge in [0.15, 0.2) is 0 Å². The Bertz CT molecular complexity index is 455. The maximum Gasteiger partial charge on any atom is 0.330 e. The maximum atomic E-state index is 12.7. The van der Waals surface area contributed by atoms with Gasteiger partial charge in [-0.3, -0.25) is 14.5 Å². The van der Waals surface area contributed by atoms with Crippen LogP contribution in [0.2, 0.25) is 0 Å². The number of carboxylic acid groups (broad SMARTS) is 1. The van der Waals surface area contributed by atoms with Crippen molar-refractivity contribution in [2.75, 3.05) is 0 Å². The number of rotatable bonds is 2. The van der Waals surface area contributed by atoms with Crippen molar-refractivity contribution < 1.29 is 19.5 Å². The molecule has 1 heterocycles. The van der Waals surface area contributed by atoms with E-state index in [9.17, 15) is 19.5 Å². The second-order valence-electron chi connectivity index (χ2n) is 7.03. The van der Waals surface area contributed by atoms with Crippen LogP contribution in [0.3, 0.4) is 0 Å². The quantitative estimate of drug-likeness (QED) is 0.792. The lowest BCUT2D eigenvalue weighted by Gasteiger charge is -2.41. The molecule has 3 fully saturated rings. The Labute approximate surface area is 124 Å². The lowest BCUT2D eigenvalue weighted by Crippen LogP contribution is -2.59. The molecule has 3 aliphatic rings. The SMILES string of the molecule is CC1CCC(C(=O)O)(N2C(=O)C3CCCCC3C2=O)CC1. The predicted octanol–water partition coefficient (Wildman–Crippen LogP) is 2.20. The molecule has 0 spiro atoms. The number of carbonyl (C=O) groups excluding carboxylic acids is 2. The Hall–Kier alpha value is -1.39. The van der Waals surface area contributed by atoms with Crippen LogP contribution < -0.4 is 0 Å². The van der Waals surface area contributed by atoms with Crippen molar-refractivity contribution in [2.45, 2.75) is 63.8 Å². The van der Waals surface area contributed by atoms with Crippen LogP contribution in [-0.2, 0) is 14.4 Å². The van der Waals surface area contributed by atoms with Gasteiger partial charge in [0.2, 0.25) is 11.8 Å². The molecule has 5 heteroatoms. The molecule has 1 aliphatic heterocycles. The van der Waals surface area contributed by atoms with Crippen LogP contribution in [-0.4, -0.2) is 33.3 Å². The largest absolute Gasteiger partial charge is 0.479 e. The molecule has 3 rings (SSSR count). The van der Waals surface area contributed by atoms with E-state index in [0.717, 1.165) is 38.5 Å². The molecular weight excluding hydrogens is 270 g/mol. The van der Waals surface area contributed by atoms with Gasteiger partial charge in [0, 0.05) is 0 Å². The van der Waals surface area contributed by atoms with Gasteiger partial charge in [-0.2, -0.15) is 0 Å². The monoisotopic (exact) mass is 293 g/mol. The number of amides is 2. The highest BCUT2D eigenvalue weighted by molar-refractivity contribution is 6.09. The van der Waals surface area contributed by atoms with Gasteiger partial charge in [-0.05, 0) is 44.4 Å². The van der Waals surface area contributed by atoms with Crippen molar-refractivity contribution in [1.29, 1.82) is 0 Å². The third-order valence-corrected chi connectivity index (χ3v) is 5.77. The van der Waals surface area contributed by atoms with E-state index >= 15 is 0 Å². The molecule has 2 aliphatic carbocycles. The molecule has 2 amide bonds. The zero-order valence-electron chi connectivity index (χ0n) is 12.5. The van der Waals surface area contributed by atoms with Crippen molar-refractivity contribution in [3.63, 3.8) is 0 Å². The standard InChI is InChI=1S/C16H23NO4/c1-10-6-8-16(9-7-10,15(20)21)17-13(18)11-4-2-3-5-12(11)14(17)19/h10-12H,2-9H2,1H3,(H,20,21). The first-order valence-corrected chi connectivity index (χ1v) is 8.08. The summed E-state index contributed by atoms with van der Waals surface area (Å²) in [5.41, 5.74) is -1.28. The minimum absolute atomic E-state index is 0.221. The first-order chi connectivity index (χ1) is 9.97. The van der Waals surface area contributed by atoms with Gasteiger partial charge in [-0.25, -0.2) is 4.79 Å². The Morgan fingerprint density at radius 2 is 1.52 bits per heavy atom. The Balaban J connectivity index is 1.94. The van der Waals surface area contributed by atoms with Crippen LogP contribution in [0.1, 0.15) is 58.3 Å². The summed E-state index contributed by atoms with van der Waals surface area (Å²) in [6.07, 6.45) is 5.73. The Kier molecular flexibility index (Phi) is 3.54. The van der Waals surface area contributed by atoms with Gasteiger partial charge in [0.05, 0.1) is 11.8 Å². The number of aliphatic carboxylic acids is 1. The lowest BCUT2D eigenvalue weighted by molar-refractivity contribution is -0.166. The summed E-state index contributed by atoms with van der Waals surface area (Å²) in [6, 6.07) is 0. The van der Waals surface area contributed by atoms with Crippen LogP contribution in [0.5, 0.6) is 0 Å². The van der Waals surface area contributed by atoms with Crippen molar-refractivity contribution >= 4 is 17.8 Å². The second kappa shape index (κ2) is 5.11. The molecule has 0 aromatic rings. The number of likely N-dealkylation sites (tertiary alicyclic amines) is 1. The number of nitrogens with zero attached hydrogens (tertiary/aromatic N) is 1. The fourth-order valence-electron chi connectivity index (χ4n) is 4.36.